The third-order valence-corrected chi connectivity index (χ3v) is 6.51. The smallest absolute Gasteiger partial charge is 0.339 e. The minimum atomic E-state index is -2.28. The van der Waals surface area contributed by atoms with E-state index in [1.165, 1.54) is 32.1 Å². The van der Waals surface area contributed by atoms with Crippen molar-refractivity contribution >= 4 is 17.9 Å². The number of hydrogen-bond acceptors (Lipinski definition) is 7. The highest BCUT2D eigenvalue weighted by Gasteiger charge is 2.43. The van der Waals surface area contributed by atoms with Gasteiger partial charge < -0.3 is 19.3 Å². The van der Waals surface area contributed by atoms with Crippen molar-refractivity contribution in [2.45, 2.75) is 155 Å². The van der Waals surface area contributed by atoms with Crippen molar-refractivity contribution in [2.24, 2.45) is 0 Å². The van der Waals surface area contributed by atoms with Crippen LogP contribution in [0.2, 0.25) is 0 Å². The van der Waals surface area contributed by atoms with E-state index in [1.54, 1.807) is 0 Å². The maximum absolute atomic E-state index is 12.7. The molecule has 0 unspecified atom stereocenters. The van der Waals surface area contributed by atoms with Crippen LogP contribution in [0.5, 0.6) is 0 Å². The lowest BCUT2D eigenvalue weighted by atomic mass is 9.95. The van der Waals surface area contributed by atoms with Gasteiger partial charge in [-0.15, -0.1) is 0 Å². The van der Waals surface area contributed by atoms with Gasteiger partial charge in [-0.25, -0.2) is 4.79 Å². The Kier molecular flexibility index (Phi) is 23.6. The van der Waals surface area contributed by atoms with Crippen LogP contribution in [0.15, 0.2) is 0 Å². The van der Waals surface area contributed by atoms with E-state index in [1.807, 2.05) is 0 Å². The predicted octanol–water partition coefficient (Wildman–Crippen LogP) is 7.21. The van der Waals surface area contributed by atoms with Gasteiger partial charge in [-0.05, 0) is 19.3 Å². The third-order valence-electron chi connectivity index (χ3n) is 6.51. The number of carbonyl (C=O) groups excluding carboxylic acids is 3. The SMILES string of the molecule is CCCCCCCCOC(=O)CC(O)(CC(=O)OCCCCCCCC)C(=O)OCCCCCCCC. The minimum absolute atomic E-state index is 0.146. The van der Waals surface area contributed by atoms with Gasteiger partial charge in [0.05, 0.1) is 32.7 Å². The molecular weight excluding hydrogens is 472 g/mol. The van der Waals surface area contributed by atoms with Gasteiger partial charge in [0.25, 0.3) is 0 Å². The highest BCUT2D eigenvalue weighted by Crippen LogP contribution is 2.21. The molecule has 0 saturated carbocycles. The standard InChI is InChI=1S/C30H56O7/c1-4-7-10-13-16-19-22-35-27(31)25-30(34,29(33)37-24-21-18-15-12-9-6-3)26-28(32)36-23-20-17-14-11-8-5-2/h34H,4-26H2,1-3H3. The van der Waals surface area contributed by atoms with Crippen molar-refractivity contribution in [3.05, 3.63) is 0 Å². The number of carbonyl (C=O) groups is 3. The van der Waals surface area contributed by atoms with Gasteiger partial charge >= 0.3 is 17.9 Å². The molecule has 37 heavy (non-hydrogen) atoms. The molecule has 0 atom stereocenters. The van der Waals surface area contributed by atoms with Crippen LogP contribution in [0.3, 0.4) is 0 Å². The second-order valence-corrected chi connectivity index (χ2v) is 10.3. The van der Waals surface area contributed by atoms with Crippen LogP contribution in [-0.4, -0.2) is 48.4 Å². The summed E-state index contributed by atoms with van der Waals surface area (Å²) in [6.45, 7) is 7.08. The second-order valence-electron chi connectivity index (χ2n) is 10.3. The maximum atomic E-state index is 12.7. The van der Waals surface area contributed by atoms with Crippen molar-refractivity contribution in [3.8, 4) is 0 Å². The lowest BCUT2D eigenvalue weighted by Gasteiger charge is -2.24. The maximum Gasteiger partial charge on any atom is 0.339 e. The van der Waals surface area contributed by atoms with E-state index in [9.17, 15) is 19.5 Å². The molecule has 218 valence electrons. The van der Waals surface area contributed by atoms with Gasteiger partial charge in [-0.3, -0.25) is 9.59 Å². The van der Waals surface area contributed by atoms with Crippen molar-refractivity contribution in [2.75, 3.05) is 19.8 Å². The molecule has 0 aliphatic carbocycles. The Morgan fingerprint density at radius 2 is 0.784 bits per heavy atom. The Hall–Kier alpha value is -1.63. The number of esters is 3. The van der Waals surface area contributed by atoms with E-state index in [-0.39, 0.29) is 19.8 Å². The molecule has 0 aromatic rings. The molecule has 7 heteroatoms. The van der Waals surface area contributed by atoms with Crippen LogP contribution in [0.4, 0.5) is 0 Å². The van der Waals surface area contributed by atoms with E-state index in [0.717, 1.165) is 77.0 Å². The number of rotatable bonds is 26. The zero-order chi connectivity index (χ0) is 27.6. The molecule has 0 aromatic carbocycles. The van der Waals surface area contributed by atoms with Gasteiger partial charge in [0.15, 0.2) is 5.60 Å². The number of aliphatic hydroxyl groups is 1. The molecule has 0 spiro atoms. The largest absolute Gasteiger partial charge is 0.466 e. The number of hydrogen-bond donors (Lipinski definition) is 1. The van der Waals surface area contributed by atoms with Crippen LogP contribution in [-0.2, 0) is 28.6 Å². The summed E-state index contributed by atoms with van der Waals surface area (Å²) in [4.78, 5) is 37.5. The summed E-state index contributed by atoms with van der Waals surface area (Å²) in [6, 6.07) is 0. The fourth-order valence-corrected chi connectivity index (χ4v) is 4.10. The average molecular weight is 529 g/mol. The molecule has 0 amide bonds. The topological polar surface area (TPSA) is 99.1 Å². The summed E-state index contributed by atoms with van der Waals surface area (Å²) in [6.07, 6.45) is 17.5. The molecule has 0 fully saturated rings. The summed E-state index contributed by atoms with van der Waals surface area (Å²) >= 11 is 0. The molecule has 0 heterocycles. The van der Waals surface area contributed by atoms with Gasteiger partial charge in [-0.1, -0.05) is 117 Å². The van der Waals surface area contributed by atoms with Crippen molar-refractivity contribution in [3.63, 3.8) is 0 Å². The number of ether oxygens (including phenoxy) is 3. The summed E-state index contributed by atoms with van der Waals surface area (Å²) < 4.78 is 15.8. The van der Waals surface area contributed by atoms with Crippen LogP contribution in [0.25, 0.3) is 0 Å². The van der Waals surface area contributed by atoms with Crippen LogP contribution in [0.1, 0.15) is 149 Å². The van der Waals surface area contributed by atoms with E-state index < -0.39 is 36.4 Å². The number of unbranched alkanes of at least 4 members (excludes halogenated alkanes) is 15. The lowest BCUT2D eigenvalue weighted by Crippen LogP contribution is -2.45. The van der Waals surface area contributed by atoms with Gasteiger partial charge in [-0.2, -0.15) is 0 Å². The van der Waals surface area contributed by atoms with Gasteiger partial charge in [0, 0.05) is 0 Å². The molecule has 0 bridgehead atoms. The normalized spacial score (nSPS) is 11.4. The average Bonchev–Trinajstić information content (AvgIpc) is 2.86. The minimum Gasteiger partial charge on any atom is -0.466 e. The van der Waals surface area contributed by atoms with Crippen molar-refractivity contribution in [1.29, 1.82) is 0 Å². The first-order valence-corrected chi connectivity index (χ1v) is 15.1. The zero-order valence-electron chi connectivity index (χ0n) is 24.2. The Bertz CT molecular complexity index is 544. The summed E-state index contributed by atoms with van der Waals surface area (Å²) in [5.74, 6) is -2.39. The monoisotopic (exact) mass is 528 g/mol. The molecule has 0 radical (unpaired) electrons. The zero-order valence-corrected chi connectivity index (χ0v) is 24.2. The fourth-order valence-electron chi connectivity index (χ4n) is 4.10. The van der Waals surface area contributed by atoms with Crippen LogP contribution < -0.4 is 0 Å². The summed E-state index contributed by atoms with van der Waals surface area (Å²) in [5.41, 5.74) is -2.28. The molecular formula is C30H56O7. The fraction of sp³-hybridized carbons (Fsp3) is 0.900. The first kappa shape index (κ1) is 35.4. The molecule has 1 N–H and O–H groups in total. The molecule has 7 nitrogen and oxygen atoms in total. The van der Waals surface area contributed by atoms with E-state index in [0.29, 0.717) is 6.42 Å². The highest BCUT2D eigenvalue weighted by atomic mass is 16.6. The molecule has 0 saturated heterocycles. The van der Waals surface area contributed by atoms with Gasteiger partial charge in [0.1, 0.15) is 0 Å². The quantitative estimate of drug-likeness (QED) is 0.0719. The third kappa shape index (κ3) is 21.0. The van der Waals surface area contributed by atoms with Crippen molar-refractivity contribution < 1.29 is 33.7 Å². The molecule has 0 rings (SSSR count). The van der Waals surface area contributed by atoms with Crippen LogP contribution >= 0.6 is 0 Å². The Morgan fingerprint density at radius 1 is 0.486 bits per heavy atom. The van der Waals surface area contributed by atoms with E-state index in [4.69, 9.17) is 14.2 Å². The van der Waals surface area contributed by atoms with Crippen molar-refractivity contribution in [1.82, 2.24) is 0 Å². The second kappa shape index (κ2) is 24.7. The lowest BCUT2D eigenvalue weighted by molar-refractivity contribution is -0.178. The highest BCUT2D eigenvalue weighted by molar-refractivity contribution is 5.90. The summed E-state index contributed by atoms with van der Waals surface area (Å²) in [7, 11) is 0. The predicted molar refractivity (Wildman–Crippen MR) is 147 cm³/mol. The van der Waals surface area contributed by atoms with Crippen LogP contribution in [0, 0.1) is 0 Å². The Labute approximate surface area is 226 Å². The van der Waals surface area contributed by atoms with E-state index in [2.05, 4.69) is 20.8 Å². The first-order chi connectivity index (χ1) is 17.9. The molecule has 0 aliphatic heterocycles. The molecule has 0 aliphatic rings. The van der Waals surface area contributed by atoms with E-state index >= 15 is 0 Å². The molecule has 0 aromatic heterocycles. The Balaban J connectivity index is 4.64. The first-order valence-electron chi connectivity index (χ1n) is 15.1. The van der Waals surface area contributed by atoms with Gasteiger partial charge in [0.2, 0.25) is 0 Å². The summed E-state index contributed by atoms with van der Waals surface area (Å²) in [5, 5.41) is 11.0. The Morgan fingerprint density at radius 3 is 1.14 bits per heavy atom.